The summed E-state index contributed by atoms with van der Waals surface area (Å²) in [5, 5.41) is 0. The molecular weight excluding hydrogens is 186 g/mol. The molecule has 0 saturated carbocycles. The molecule has 15 heavy (non-hydrogen) atoms. The topological polar surface area (TPSA) is 35.2 Å². The zero-order valence-electron chi connectivity index (χ0n) is 10.1. The molecule has 0 bridgehead atoms. The lowest BCUT2D eigenvalue weighted by Crippen LogP contribution is -2.17. The molecule has 1 aromatic carbocycles. The van der Waals surface area contributed by atoms with Gasteiger partial charge in [0.05, 0.1) is 7.11 Å². The molecule has 0 aliphatic carbocycles. The number of hydrogen-bond acceptors (Lipinski definition) is 2. The zero-order valence-corrected chi connectivity index (χ0v) is 10.1. The first-order chi connectivity index (χ1) is 7.10. The van der Waals surface area contributed by atoms with E-state index in [1.807, 2.05) is 0 Å². The minimum atomic E-state index is 0.416. The third-order valence-corrected chi connectivity index (χ3v) is 2.92. The third-order valence-electron chi connectivity index (χ3n) is 2.92. The minimum absolute atomic E-state index is 0.416. The summed E-state index contributed by atoms with van der Waals surface area (Å²) in [4.78, 5) is 0. The Hall–Kier alpha value is -1.02. The van der Waals surface area contributed by atoms with E-state index in [0.29, 0.717) is 18.4 Å². The van der Waals surface area contributed by atoms with Gasteiger partial charge in [0, 0.05) is 0 Å². The molecule has 0 radical (unpaired) electrons. The average molecular weight is 207 g/mol. The zero-order chi connectivity index (χ0) is 11.4. The van der Waals surface area contributed by atoms with Crippen molar-refractivity contribution >= 4 is 0 Å². The first-order valence-electron chi connectivity index (χ1n) is 5.44. The van der Waals surface area contributed by atoms with E-state index in [1.54, 1.807) is 7.11 Å². The smallest absolute Gasteiger partial charge is 0.122 e. The van der Waals surface area contributed by atoms with Gasteiger partial charge in [0.2, 0.25) is 0 Å². The fourth-order valence-corrected chi connectivity index (χ4v) is 1.86. The van der Waals surface area contributed by atoms with Crippen molar-refractivity contribution in [1.82, 2.24) is 0 Å². The van der Waals surface area contributed by atoms with Crippen LogP contribution in [0.25, 0.3) is 0 Å². The minimum Gasteiger partial charge on any atom is -0.496 e. The van der Waals surface area contributed by atoms with E-state index in [1.165, 1.54) is 11.1 Å². The Bertz CT molecular complexity index is 320. The highest BCUT2D eigenvalue weighted by Gasteiger charge is 2.14. The van der Waals surface area contributed by atoms with E-state index >= 15 is 0 Å². The highest BCUT2D eigenvalue weighted by molar-refractivity contribution is 5.38. The standard InChI is InChI=1S/C13H21NO/c1-9(2)12(8-14)11-6-5-10(3)13(7-11)15-4/h5-7,9,12H,8,14H2,1-4H3. The van der Waals surface area contributed by atoms with Gasteiger partial charge in [0.15, 0.2) is 0 Å². The fraction of sp³-hybridized carbons (Fsp3) is 0.538. The Morgan fingerprint density at radius 1 is 1.33 bits per heavy atom. The summed E-state index contributed by atoms with van der Waals surface area (Å²) < 4.78 is 5.32. The van der Waals surface area contributed by atoms with Gasteiger partial charge in [-0.1, -0.05) is 26.0 Å². The van der Waals surface area contributed by atoms with Crippen LogP contribution in [0, 0.1) is 12.8 Å². The summed E-state index contributed by atoms with van der Waals surface area (Å²) in [6, 6.07) is 6.35. The molecule has 0 fully saturated rings. The number of hydrogen-bond donors (Lipinski definition) is 1. The molecule has 0 aromatic heterocycles. The third kappa shape index (κ3) is 2.72. The number of nitrogens with two attached hydrogens (primary N) is 1. The van der Waals surface area contributed by atoms with Gasteiger partial charge in [-0.3, -0.25) is 0 Å². The van der Waals surface area contributed by atoms with E-state index in [-0.39, 0.29) is 0 Å². The molecule has 0 saturated heterocycles. The number of rotatable bonds is 4. The summed E-state index contributed by atoms with van der Waals surface area (Å²) in [7, 11) is 1.71. The summed E-state index contributed by atoms with van der Waals surface area (Å²) >= 11 is 0. The molecule has 0 heterocycles. The van der Waals surface area contributed by atoms with Crippen molar-refractivity contribution in [3.8, 4) is 5.75 Å². The van der Waals surface area contributed by atoms with Crippen LogP contribution in [0.1, 0.15) is 30.9 Å². The molecule has 2 nitrogen and oxygen atoms in total. The highest BCUT2D eigenvalue weighted by Crippen LogP contribution is 2.28. The van der Waals surface area contributed by atoms with Crippen LogP contribution in [0.2, 0.25) is 0 Å². The van der Waals surface area contributed by atoms with E-state index in [4.69, 9.17) is 10.5 Å². The number of methoxy groups -OCH3 is 1. The second-order valence-electron chi connectivity index (χ2n) is 4.32. The molecule has 2 N–H and O–H groups in total. The number of benzene rings is 1. The van der Waals surface area contributed by atoms with Crippen LogP contribution in [0.4, 0.5) is 0 Å². The van der Waals surface area contributed by atoms with E-state index in [9.17, 15) is 0 Å². The van der Waals surface area contributed by atoms with E-state index < -0.39 is 0 Å². The molecule has 1 rings (SSSR count). The normalized spacial score (nSPS) is 12.9. The van der Waals surface area contributed by atoms with Crippen molar-refractivity contribution in [2.75, 3.05) is 13.7 Å². The number of ether oxygens (including phenoxy) is 1. The van der Waals surface area contributed by atoms with Crippen molar-refractivity contribution in [3.05, 3.63) is 29.3 Å². The Kier molecular flexibility index (Phi) is 4.15. The Labute approximate surface area is 92.4 Å². The molecule has 84 valence electrons. The Morgan fingerprint density at radius 3 is 2.47 bits per heavy atom. The molecular formula is C13H21NO. The van der Waals surface area contributed by atoms with Crippen molar-refractivity contribution in [2.45, 2.75) is 26.7 Å². The maximum atomic E-state index is 5.79. The molecule has 0 aliphatic heterocycles. The second kappa shape index (κ2) is 5.17. The maximum Gasteiger partial charge on any atom is 0.122 e. The SMILES string of the molecule is COc1cc(C(CN)C(C)C)ccc1C. The van der Waals surface area contributed by atoms with Gasteiger partial charge in [-0.15, -0.1) is 0 Å². The van der Waals surface area contributed by atoms with Crippen molar-refractivity contribution in [1.29, 1.82) is 0 Å². The number of aryl methyl sites for hydroxylation is 1. The summed E-state index contributed by atoms with van der Waals surface area (Å²) in [5.41, 5.74) is 8.23. The van der Waals surface area contributed by atoms with Gasteiger partial charge in [-0.2, -0.15) is 0 Å². The molecule has 1 unspecified atom stereocenters. The van der Waals surface area contributed by atoms with Crippen molar-refractivity contribution in [2.24, 2.45) is 11.7 Å². The second-order valence-corrected chi connectivity index (χ2v) is 4.32. The largest absolute Gasteiger partial charge is 0.496 e. The maximum absolute atomic E-state index is 5.79. The van der Waals surface area contributed by atoms with Gasteiger partial charge in [-0.05, 0) is 42.5 Å². The summed E-state index contributed by atoms with van der Waals surface area (Å²) in [6.45, 7) is 7.13. The van der Waals surface area contributed by atoms with Gasteiger partial charge in [-0.25, -0.2) is 0 Å². The molecule has 0 spiro atoms. The van der Waals surface area contributed by atoms with Crippen LogP contribution in [-0.2, 0) is 0 Å². The van der Waals surface area contributed by atoms with Crippen molar-refractivity contribution in [3.63, 3.8) is 0 Å². The van der Waals surface area contributed by atoms with E-state index in [2.05, 4.69) is 39.0 Å². The van der Waals surface area contributed by atoms with Crippen molar-refractivity contribution < 1.29 is 4.74 Å². The van der Waals surface area contributed by atoms with Gasteiger partial charge < -0.3 is 10.5 Å². The Balaban J connectivity index is 3.03. The first kappa shape index (κ1) is 12.1. The lowest BCUT2D eigenvalue weighted by molar-refractivity contribution is 0.409. The predicted octanol–water partition coefficient (Wildman–Crippen LogP) is 2.70. The van der Waals surface area contributed by atoms with Crippen LogP contribution in [0.15, 0.2) is 18.2 Å². The molecule has 2 heteroatoms. The molecule has 0 aliphatic rings. The van der Waals surface area contributed by atoms with Crippen LogP contribution in [0.5, 0.6) is 5.75 Å². The highest BCUT2D eigenvalue weighted by atomic mass is 16.5. The monoisotopic (exact) mass is 207 g/mol. The summed E-state index contributed by atoms with van der Waals surface area (Å²) in [5.74, 6) is 1.92. The lowest BCUT2D eigenvalue weighted by Gasteiger charge is -2.20. The van der Waals surface area contributed by atoms with Gasteiger partial charge in [0.1, 0.15) is 5.75 Å². The van der Waals surface area contributed by atoms with Crippen LogP contribution >= 0.6 is 0 Å². The summed E-state index contributed by atoms with van der Waals surface area (Å²) in [6.07, 6.45) is 0. The van der Waals surface area contributed by atoms with Gasteiger partial charge in [0.25, 0.3) is 0 Å². The quantitative estimate of drug-likeness (QED) is 0.824. The Morgan fingerprint density at radius 2 is 2.00 bits per heavy atom. The molecule has 0 amide bonds. The van der Waals surface area contributed by atoms with Crippen LogP contribution in [0.3, 0.4) is 0 Å². The molecule has 1 atom stereocenters. The van der Waals surface area contributed by atoms with Gasteiger partial charge >= 0.3 is 0 Å². The lowest BCUT2D eigenvalue weighted by atomic mass is 9.88. The predicted molar refractivity (Wildman–Crippen MR) is 64.4 cm³/mol. The van der Waals surface area contributed by atoms with Crippen LogP contribution < -0.4 is 10.5 Å². The average Bonchev–Trinajstić information content (AvgIpc) is 2.21. The fourth-order valence-electron chi connectivity index (χ4n) is 1.86. The van der Waals surface area contributed by atoms with Crippen LogP contribution in [-0.4, -0.2) is 13.7 Å². The first-order valence-corrected chi connectivity index (χ1v) is 5.44. The van der Waals surface area contributed by atoms with E-state index in [0.717, 1.165) is 5.75 Å². The molecule has 1 aromatic rings.